The lowest BCUT2D eigenvalue weighted by Crippen LogP contribution is -2.03. The molecule has 5 aromatic rings. The van der Waals surface area contributed by atoms with Crippen molar-refractivity contribution in [1.29, 1.82) is 0 Å². The number of fused-ring (bicyclic) bond motifs is 3. The lowest BCUT2D eigenvalue weighted by atomic mass is 10.0. The Hall–Kier alpha value is -3.53. The molecule has 0 bridgehead atoms. The van der Waals surface area contributed by atoms with Crippen LogP contribution in [-0.2, 0) is 7.05 Å². The van der Waals surface area contributed by atoms with Crippen molar-refractivity contribution in [3.63, 3.8) is 0 Å². The third-order valence-electron chi connectivity index (χ3n) is 5.75. The highest BCUT2D eigenvalue weighted by atomic mass is 16.3. The van der Waals surface area contributed by atoms with Crippen LogP contribution in [-0.4, -0.2) is 16.1 Å². The molecule has 1 aliphatic heterocycles. The predicted molar refractivity (Wildman–Crippen MR) is 113 cm³/mol. The minimum absolute atomic E-state index is 0.160. The molecule has 0 saturated heterocycles. The molecule has 3 heterocycles. The first kappa shape index (κ1) is 15.5. The summed E-state index contributed by atoms with van der Waals surface area (Å²) in [4.78, 5) is 4.84. The number of rotatable bonds is 2. The maximum atomic E-state index is 6.12. The minimum Gasteiger partial charge on any atom is -0.440 e. The molecular formula is C24H19N3O. The van der Waals surface area contributed by atoms with E-state index in [4.69, 9.17) is 9.40 Å². The van der Waals surface area contributed by atoms with Crippen LogP contribution in [0.15, 0.2) is 77.3 Å². The molecule has 1 atom stereocenters. The first-order chi connectivity index (χ1) is 13.8. The van der Waals surface area contributed by atoms with Crippen LogP contribution in [0, 0.1) is 0 Å². The molecule has 0 spiro atoms. The van der Waals surface area contributed by atoms with Gasteiger partial charge >= 0.3 is 0 Å². The van der Waals surface area contributed by atoms with Crippen LogP contribution in [0.25, 0.3) is 33.1 Å². The minimum atomic E-state index is 0.160. The van der Waals surface area contributed by atoms with E-state index >= 15 is 0 Å². The van der Waals surface area contributed by atoms with Crippen molar-refractivity contribution in [3.05, 3.63) is 84.4 Å². The Kier molecular flexibility index (Phi) is 3.18. The summed E-state index contributed by atoms with van der Waals surface area (Å²) in [6, 6.07) is 23.4. The number of aromatic nitrogens is 2. The molecule has 0 saturated carbocycles. The number of anilines is 1. The van der Waals surface area contributed by atoms with Gasteiger partial charge in [-0.1, -0.05) is 30.3 Å². The summed E-state index contributed by atoms with van der Waals surface area (Å²) in [7, 11) is 2.07. The van der Waals surface area contributed by atoms with E-state index in [0.29, 0.717) is 0 Å². The van der Waals surface area contributed by atoms with E-state index in [1.54, 1.807) is 0 Å². The van der Waals surface area contributed by atoms with Gasteiger partial charge in [0.15, 0.2) is 5.58 Å². The monoisotopic (exact) mass is 365 g/mol. The summed E-state index contributed by atoms with van der Waals surface area (Å²) < 4.78 is 8.26. The number of para-hydroxylation sites is 1. The number of hydrogen-bond donors (Lipinski definition) is 1. The van der Waals surface area contributed by atoms with Gasteiger partial charge in [-0.15, -0.1) is 0 Å². The Bertz CT molecular complexity index is 1340. The quantitative estimate of drug-likeness (QED) is 0.446. The summed E-state index contributed by atoms with van der Waals surface area (Å²) in [5.74, 6) is 0.941. The summed E-state index contributed by atoms with van der Waals surface area (Å²) in [5, 5.41) is 4.69. The second kappa shape index (κ2) is 5.73. The number of nitrogens with zero attached hydrogens (tertiary/aromatic N) is 2. The third-order valence-corrected chi connectivity index (χ3v) is 5.75. The van der Waals surface area contributed by atoms with E-state index in [9.17, 15) is 0 Å². The van der Waals surface area contributed by atoms with Crippen LogP contribution >= 0.6 is 0 Å². The first-order valence-corrected chi connectivity index (χ1v) is 9.55. The van der Waals surface area contributed by atoms with Crippen molar-refractivity contribution in [1.82, 2.24) is 9.55 Å². The lowest BCUT2D eigenvalue weighted by Gasteiger charge is -2.04. The largest absolute Gasteiger partial charge is 0.440 e. The highest BCUT2D eigenvalue weighted by molar-refractivity contribution is 5.88. The average Bonchev–Trinajstić information content (AvgIpc) is 3.43. The van der Waals surface area contributed by atoms with Gasteiger partial charge < -0.3 is 14.3 Å². The van der Waals surface area contributed by atoms with Crippen LogP contribution in [0.3, 0.4) is 0 Å². The van der Waals surface area contributed by atoms with Gasteiger partial charge in [0, 0.05) is 36.4 Å². The Morgan fingerprint density at radius 2 is 1.86 bits per heavy atom. The van der Waals surface area contributed by atoms with E-state index in [0.717, 1.165) is 29.1 Å². The fraction of sp³-hybridized carbons (Fsp3) is 0.125. The van der Waals surface area contributed by atoms with Crippen molar-refractivity contribution in [2.24, 2.45) is 7.05 Å². The van der Waals surface area contributed by atoms with Gasteiger partial charge in [-0.3, -0.25) is 0 Å². The van der Waals surface area contributed by atoms with E-state index in [1.165, 1.54) is 27.7 Å². The number of aryl methyl sites for hydroxylation is 1. The van der Waals surface area contributed by atoms with Gasteiger partial charge in [0.05, 0.1) is 5.92 Å². The van der Waals surface area contributed by atoms with Crippen molar-refractivity contribution in [2.75, 3.05) is 11.9 Å². The van der Waals surface area contributed by atoms with Gasteiger partial charge in [0.25, 0.3) is 0 Å². The maximum Gasteiger partial charge on any atom is 0.204 e. The number of hydrogen-bond acceptors (Lipinski definition) is 3. The maximum absolute atomic E-state index is 6.12. The molecule has 0 fully saturated rings. The molecule has 6 rings (SSSR count). The van der Waals surface area contributed by atoms with Crippen LogP contribution in [0.1, 0.15) is 17.4 Å². The standard InChI is InChI=1S/C24H19N3O/c1-27-11-10-17-12-15(6-8-22(17)27)16-7-9-23-21(13-16)26-24(28-23)19-14-25-20-5-3-2-4-18(19)20/h2-13,19,25H,14H2,1H3. The zero-order chi connectivity index (χ0) is 18.7. The van der Waals surface area contributed by atoms with E-state index in [1.807, 2.05) is 6.07 Å². The molecule has 1 aliphatic rings. The number of benzene rings is 3. The van der Waals surface area contributed by atoms with Crippen molar-refractivity contribution in [2.45, 2.75) is 5.92 Å². The molecule has 0 aliphatic carbocycles. The van der Waals surface area contributed by atoms with Crippen molar-refractivity contribution < 1.29 is 4.42 Å². The fourth-order valence-corrected chi connectivity index (χ4v) is 4.24. The van der Waals surface area contributed by atoms with E-state index < -0.39 is 0 Å². The zero-order valence-electron chi connectivity index (χ0n) is 15.5. The van der Waals surface area contributed by atoms with Crippen LogP contribution in [0.4, 0.5) is 5.69 Å². The molecule has 4 nitrogen and oxygen atoms in total. The van der Waals surface area contributed by atoms with Crippen LogP contribution in [0.2, 0.25) is 0 Å². The number of nitrogens with one attached hydrogen (secondary N) is 1. The van der Waals surface area contributed by atoms with Crippen molar-refractivity contribution in [3.8, 4) is 11.1 Å². The molecule has 28 heavy (non-hydrogen) atoms. The van der Waals surface area contributed by atoms with Crippen LogP contribution in [0.5, 0.6) is 0 Å². The summed E-state index contributed by atoms with van der Waals surface area (Å²) in [5.41, 5.74) is 7.76. The summed E-state index contributed by atoms with van der Waals surface area (Å²) in [6.45, 7) is 0.823. The average molecular weight is 365 g/mol. The molecule has 4 heteroatoms. The molecule has 3 aromatic carbocycles. The second-order valence-electron chi connectivity index (χ2n) is 7.46. The normalized spacial score (nSPS) is 15.8. The Morgan fingerprint density at radius 3 is 2.82 bits per heavy atom. The third kappa shape index (κ3) is 2.28. The SMILES string of the molecule is Cn1ccc2cc(-c3ccc4oc(C5CNc6ccccc65)nc4c3)ccc21. The molecular weight excluding hydrogens is 346 g/mol. The van der Waals surface area contributed by atoms with Gasteiger partial charge in [-0.25, -0.2) is 4.98 Å². The topological polar surface area (TPSA) is 43.0 Å². The Balaban J connectivity index is 1.42. The first-order valence-electron chi connectivity index (χ1n) is 9.55. The highest BCUT2D eigenvalue weighted by Gasteiger charge is 2.27. The van der Waals surface area contributed by atoms with Gasteiger partial charge in [-0.05, 0) is 53.1 Å². The summed E-state index contributed by atoms with van der Waals surface area (Å²) >= 11 is 0. The predicted octanol–water partition coefficient (Wildman–Crippen LogP) is 5.54. The summed E-state index contributed by atoms with van der Waals surface area (Å²) in [6.07, 6.45) is 2.09. The molecule has 1 N–H and O–H groups in total. The molecule has 1 unspecified atom stereocenters. The Labute approximate surface area is 162 Å². The van der Waals surface area contributed by atoms with Gasteiger partial charge in [0.2, 0.25) is 5.89 Å². The highest BCUT2D eigenvalue weighted by Crippen LogP contribution is 2.37. The fourth-order valence-electron chi connectivity index (χ4n) is 4.24. The van der Waals surface area contributed by atoms with E-state index in [-0.39, 0.29) is 5.92 Å². The Morgan fingerprint density at radius 1 is 1.00 bits per heavy atom. The van der Waals surface area contributed by atoms with Crippen molar-refractivity contribution >= 4 is 27.7 Å². The number of oxazole rings is 1. The molecule has 0 radical (unpaired) electrons. The molecule has 136 valence electrons. The lowest BCUT2D eigenvalue weighted by molar-refractivity contribution is 0.512. The smallest absolute Gasteiger partial charge is 0.204 e. The second-order valence-corrected chi connectivity index (χ2v) is 7.46. The molecule has 2 aromatic heterocycles. The zero-order valence-corrected chi connectivity index (χ0v) is 15.5. The van der Waals surface area contributed by atoms with E-state index in [2.05, 4.69) is 83.8 Å². The van der Waals surface area contributed by atoms with Crippen LogP contribution < -0.4 is 5.32 Å². The van der Waals surface area contributed by atoms with Gasteiger partial charge in [-0.2, -0.15) is 0 Å². The van der Waals surface area contributed by atoms with Gasteiger partial charge in [0.1, 0.15) is 5.52 Å². The molecule has 0 amide bonds.